The van der Waals surface area contributed by atoms with Crippen molar-refractivity contribution in [3.63, 3.8) is 0 Å². The maximum atomic E-state index is 12.4. The fourth-order valence-corrected chi connectivity index (χ4v) is 2.99. The van der Waals surface area contributed by atoms with Gasteiger partial charge in [-0.3, -0.25) is 4.79 Å². The second-order valence-corrected chi connectivity index (χ2v) is 5.47. The molecule has 1 aromatic carbocycles. The highest BCUT2D eigenvalue weighted by atomic mass is 16.1. The SMILES string of the molecule is CCC1CCC(C(=O)c2ccc(C)cc2C)C1. The zero-order valence-electron chi connectivity index (χ0n) is 11.1. The number of hydrogen-bond donors (Lipinski definition) is 0. The molecular formula is C16H22O. The molecule has 2 rings (SSSR count). The lowest BCUT2D eigenvalue weighted by Crippen LogP contribution is -2.13. The number of ketones is 1. The average molecular weight is 230 g/mol. The van der Waals surface area contributed by atoms with Crippen LogP contribution in [0.3, 0.4) is 0 Å². The lowest BCUT2D eigenvalue weighted by molar-refractivity contribution is 0.0919. The van der Waals surface area contributed by atoms with E-state index in [1.54, 1.807) is 0 Å². The van der Waals surface area contributed by atoms with Crippen molar-refractivity contribution in [1.29, 1.82) is 0 Å². The Bertz CT molecular complexity index is 420. The molecule has 1 saturated carbocycles. The molecule has 1 aliphatic rings. The molecule has 0 saturated heterocycles. The van der Waals surface area contributed by atoms with E-state index in [0.717, 1.165) is 29.9 Å². The highest BCUT2D eigenvalue weighted by Crippen LogP contribution is 2.35. The molecule has 0 heterocycles. The summed E-state index contributed by atoms with van der Waals surface area (Å²) in [4.78, 5) is 12.4. The molecule has 17 heavy (non-hydrogen) atoms. The van der Waals surface area contributed by atoms with Crippen LogP contribution in [0.2, 0.25) is 0 Å². The Hall–Kier alpha value is -1.11. The van der Waals surface area contributed by atoms with Crippen LogP contribution in [0.4, 0.5) is 0 Å². The molecule has 1 aromatic rings. The van der Waals surface area contributed by atoms with Crippen LogP contribution in [-0.2, 0) is 0 Å². The first-order valence-corrected chi connectivity index (χ1v) is 6.73. The molecule has 1 nitrogen and oxygen atoms in total. The molecule has 2 unspecified atom stereocenters. The Kier molecular flexibility index (Phi) is 3.66. The van der Waals surface area contributed by atoms with E-state index in [0.29, 0.717) is 5.78 Å². The van der Waals surface area contributed by atoms with Gasteiger partial charge in [-0.25, -0.2) is 0 Å². The summed E-state index contributed by atoms with van der Waals surface area (Å²) in [7, 11) is 0. The topological polar surface area (TPSA) is 17.1 Å². The van der Waals surface area contributed by atoms with Gasteiger partial charge in [0, 0.05) is 11.5 Å². The minimum absolute atomic E-state index is 0.279. The second kappa shape index (κ2) is 5.03. The molecule has 1 fully saturated rings. The van der Waals surface area contributed by atoms with Crippen LogP contribution in [0.25, 0.3) is 0 Å². The van der Waals surface area contributed by atoms with Crippen molar-refractivity contribution >= 4 is 5.78 Å². The lowest BCUT2D eigenvalue weighted by Gasteiger charge is -2.12. The third-order valence-electron chi connectivity index (χ3n) is 4.14. The highest BCUT2D eigenvalue weighted by molar-refractivity contribution is 5.99. The molecule has 92 valence electrons. The van der Waals surface area contributed by atoms with Gasteiger partial charge >= 0.3 is 0 Å². The van der Waals surface area contributed by atoms with Crippen LogP contribution in [0.5, 0.6) is 0 Å². The minimum Gasteiger partial charge on any atom is -0.294 e. The average Bonchev–Trinajstić information content (AvgIpc) is 2.76. The van der Waals surface area contributed by atoms with E-state index >= 15 is 0 Å². The van der Waals surface area contributed by atoms with Gasteiger partial charge in [-0.2, -0.15) is 0 Å². The lowest BCUT2D eigenvalue weighted by atomic mass is 9.91. The Morgan fingerprint density at radius 3 is 2.65 bits per heavy atom. The van der Waals surface area contributed by atoms with Crippen LogP contribution in [0.1, 0.15) is 54.1 Å². The van der Waals surface area contributed by atoms with Gasteiger partial charge in [0.2, 0.25) is 0 Å². The minimum atomic E-state index is 0.279. The standard InChI is InChI=1S/C16H22O/c1-4-13-6-7-14(10-13)16(17)15-8-5-11(2)9-12(15)3/h5,8-9,13-14H,4,6-7,10H2,1-3H3. The number of aryl methyl sites for hydroxylation is 2. The molecular weight excluding hydrogens is 208 g/mol. The summed E-state index contributed by atoms with van der Waals surface area (Å²) in [5, 5.41) is 0. The van der Waals surface area contributed by atoms with E-state index in [2.05, 4.69) is 19.9 Å². The molecule has 1 heteroatoms. The van der Waals surface area contributed by atoms with Gasteiger partial charge in [-0.15, -0.1) is 0 Å². The Morgan fingerprint density at radius 2 is 2.06 bits per heavy atom. The summed E-state index contributed by atoms with van der Waals surface area (Å²) in [6.07, 6.45) is 4.64. The Balaban J connectivity index is 2.15. The zero-order chi connectivity index (χ0) is 12.4. The summed E-state index contributed by atoms with van der Waals surface area (Å²) in [5.41, 5.74) is 3.31. The number of benzene rings is 1. The van der Waals surface area contributed by atoms with Crippen molar-refractivity contribution < 1.29 is 4.79 Å². The molecule has 0 bridgehead atoms. The third-order valence-corrected chi connectivity index (χ3v) is 4.14. The van der Waals surface area contributed by atoms with Crippen molar-refractivity contribution in [3.8, 4) is 0 Å². The number of rotatable bonds is 3. The Morgan fingerprint density at radius 1 is 1.29 bits per heavy atom. The monoisotopic (exact) mass is 230 g/mol. The summed E-state index contributed by atoms with van der Waals surface area (Å²) in [6, 6.07) is 6.16. The molecule has 1 aliphatic carbocycles. The second-order valence-electron chi connectivity index (χ2n) is 5.47. The van der Waals surface area contributed by atoms with Gasteiger partial charge in [0.1, 0.15) is 0 Å². The maximum absolute atomic E-state index is 12.4. The van der Waals surface area contributed by atoms with E-state index < -0.39 is 0 Å². The van der Waals surface area contributed by atoms with Crippen molar-refractivity contribution in [1.82, 2.24) is 0 Å². The summed E-state index contributed by atoms with van der Waals surface area (Å²) < 4.78 is 0. The summed E-state index contributed by atoms with van der Waals surface area (Å²) in [6.45, 7) is 6.35. The van der Waals surface area contributed by atoms with Crippen molar-refractivity contribution in [2.75, 3.05) is 0 Å². The summed E-state index contributed by atoms with van der Waals surface area (Å²) in [5.74, 6) is 1.43. The Labute approximate surface area is 104 Å². The molecule has 0 aromatic heterocycles. The normalized spacial score (nSPS) is 23.9. The largest absolute Gasteiger partial charge is 0.294 e. The summed E-state index contributed by atoms with van der Waals surface area (Å²) >= 11 is 0. The van der Waals surface area contributed by atoms with E-state index in [1.807, 2.05) is 19.1 Å². The van der Waals surface area contributed by atoms with Crippen LogP contribution < -0.4 is 0 Å². The maximum Gasteiger partial charge on any atom is 0.166 e. The molecule has 0 aliphatic heterocycles. The van der Waals surface area contributed by atoms with Crippen LogP contribution >= 0.6 is 0 Å². The van der Waals surface area contributed by atoms with Crippen LogP contribution in [0.15, 0.2) is 18.2 Å². The highest BCUT2D eigenvalue weighted by Gasteiger charge is 2.29. The molecule has 2 atom stereocenters. The van der Waals surface area contributed by atoms with Crippen LogP contribution in [-0.4, -0.2) is 5.78 Å². The fourth-order valence-electron chi connectivity index (χ4n) is 2.99. The first-order valence-electron chi connectivity index (χ1n) is 6.73. The van der Waals surface area contributed by atoms with Crippen molar-refractivity contribution in [3.05, 3.63) is 34.9 Å². The van der Waals surface area contributed by atoms with Gasteiger partial charge in [-0.05, 0) is 44.6 Å². The van der Waals surface area contributed by atoms with Gasteiger partial charge in [-0.1, -0.05) is 37.1 Å². The van der Waals surface area contributed by atoms with Gasteiger partial charge < -0.3 is 0 Å². The molecule has 0 radical (unpaired) electrons. The predicted octanol–water partition coefficient (Wildman–Crippen LogP) is 4.31. The third kappa shape index (κ3) is 2.59. The van der Waals surface area contributed by atoms with Gasteiger partial charge in [0.25, 0.3) is 0 Å². The van der Waals surface area contributed by atoms with Crippen LogP contribution in [0, 0.1) is 25.7 Å². The fraction of sp³-hybridized carbons (Fsp3) is 0.562. The molecule has 0 amide bonds. The van der Waals surface area contributed by atoms with Crippen molar-refractivity contribution in [2.24, 2.45) is 11.8 Å². The smallest absolute Gasteiger partial charge is 0.166 e. The van der Waals surface area contributed by atoms with E-state index in [9.17, 15) is 4.79 Å². The predicted molar refractivity (Wildman–Crippen MR) is 71.4 cm³/mol. The van der Waals surface area contributed by atoms with Gasteiger partial charge in [0.15, 0.2) is 5.78 Å². The van der Waals surface area contributed by atoms with Crippen molar-refractivity contribution in [2.45, 2.75) is 46.5 Å². The quantitative estimate of drug-likeness (QED) is 0.707. The molecule has 0 spiro atoms. The zero-order valence-corrected chi connectivity index (χ0v) is 11.1. The van der Waals surface area contributed by atoms with E-state index in [4.69, 9.17) is 0 Å². The van der Waals surface area contributed by atoms with E-state index in [-0.39, 0.29) is 5.92 Å². The molecule has 0 N–H and O–H groups in total. The van der Waals surface area contributed by atoms with Gasteiger partial charge in [0.05, 0.1) is 0 Å². The number of carbonyl (C=O) groups is 1. The number of hydrogen-bond acceptors (Lipinski definition) is 1. The first kappa shape index (κ1) is 12.3. The first-order chi connectivity index (χ1) is 8.11. The van der Waals surface area contributed by atoms with E-state index in [1.165, 1.54) is 18.4 Å². The number of carbonyl (C=O) groups excluding carboxylic acids is 1. The number of Topliss-reactive ketones (excluding diaryl/α,β-unsaturated/α-hetero) is 1.